The Hall–Kier alpha value is -1.35. The van der Waals surface area contributed by atoms with E-state index >= 15 is 0 Å². The standard InChI is InChI=1S/C11H14N2O/c1-11(8-5-3-2-4-6-8)9(12)7-10(14)13-11/h2-6,9H,7,12H2,1H3,(H,13,14)/t9-,11+/m0/s1. The van der Waals surface area contributed by atoms with Gasteiger partial charge in [-0.05, 0) is 12.5 Å². The second kappa shape index (κ2) is 3.10. The maximum atomic E-state index is 11.3. The van der Waals surface area contributed by atoms with Crippen LogP contribution in [-0.2, 0) is 10.3 Å². The van der Waals surface area contributed by atoms with E-state index in [0.717, 1.165) is 5.56 Å². The van der Waals surface area contributed by atoms with E-state index in [-0.39, 0.29) is 11.9 Å². The first kappa shape index (κ1) is 9.21. The molecule has 2 atom stereocenters. The maximum absolute atomic E-state index is 11.3. The molecule has 0 spiro atoms. The molecule has 1 aromatic rings. The highest BCUT2D eigenvalue weighted by atomic mass is 16.2. The minimum atomic E-state index is -0.404. The van der Waals surface area contributed by atoms with Gasteiger partial charge in [0.25, 0.3) is 0 Å². The number of nitrogens with two attached hydrogens (primary N) is 1. The van der Waals surface area contributed by atoms with Gasteiger partial charge < -0.3 is 11.1 Å². The smallest absolute Gasteiger partial charge is 0.222 e. The number of carbonyl (C=O) groups is 1. The van der Waals surface area contributed by atoms with Crippen molar-refractivity contribution < 1.29 is 4.79 Å². The Labute approximate surface area is 83.3 Å². The number of amides is 1. The van der Waals surface area contributed by atoms with Crippen molar-refractivity contribution in [1.29, 1.82) is 0 Å². The lowest BCUT2D eigenvalue weighted by molar-refractivity contribution is -0.119. The summed E-state index contributed by atoms with van der Waals surface area (Å²) in [6, 6.07) is 9.71. The first-order chi connectivity index (χ1) is 6.63. The molecule has 2 rings (SSSR count). The van der Waals surface area contributed by atoms with Gasteiger partial charge >= 0.3 is 0 Å². The number of benzene rings is 1. The molecule has 3 heteroatoms. The van der Waals surface area contributed by atoms with E-state index in [1.54, 1.807) is 0 Å². The van der Waals surface area contributed by atoms with Crippen molar-refractivity contribution in [2.45, 2.75) is 24.9 Å². The summed E-state index contributed by atoms with van der Waals surface area (Å²) in [5, 5.41) is 2.93. The van der Waals surface area contributed by atoms with Crippen molar-refractivity contribution >= 4 is 5.91 Å². The molecule has 1 fully saturated rings. The summed E-state index contributed by atoms with van der Waals surface area (Å²) in [7, 11) is 0. The molecule has 0 aliphatic carbocycles. The predicted molar refractivity (Wildman–Crippen MR) is 54.5 cm³/mol. The quantitative estimate of drug-likeness (QED) is 0.686. The molecule has 0 unspecified atom stereocenters. The number of rotatable bonds is 1. The summed E-state index contributed by atoms with van der Waals surface area (Å²) in [6.07, 6.45) is 0.408. The Morgan fingerprint density at radius 2 is 2.07 bits per heavy atom. The van der Waals surface area contributed by atoms with Gasteiger partial charge in [-0.25, -0.2) is 0 Å². The van der Waals surface area contributed by atoms with E-state index in [1.165, 1.54) is 0 Å². The Morgan fingerprint density at radius 3 is 2.57 bits per heavy atom. The van der Waals surface area contributed by atoms with Gasteiger partial charge in [0.1, 0.15) is 0 Å². The van der Waals surface area contributed by atoms with Crippen molar-refractivity contribution in [3.8, 4) is 0 Å². The normalized spacial score (nSPS) is 31.6. The van der Waals surface area contributed by atoms with E-state index < -0.39 is 5.54 Å². The fraction of sp³-hybridized carbons (Fsp3) is 0.364. The molecule has 1 heterocycles. The van der Waals surface area contributed by atoms with E-state index in [4.69, 9.17) is 5.73 Å². The van der Waals surface area contributed by atoms with Crippen LogP contribution in [0, 0.1) is 0 Å². The van der Waals surface area contributed by atoms with Crippen molar-refractivity contribution in [2.75, 3.05) is 0 Å². The summed E-state index contributed by atoms with van der Waals surface area (Å²) in [6.45, 7) is 1.97. The van der Waals surface area contributed by atoms with Crippen LogP contribution in [0.25, 0.3) is 0 Å². The summed E-state index contributed by atoms with van der Waals surface area (Å²) < 4.78 is 0. The lowest BCUT2D eigenvalue weighted by atomic mass is 9.87. The Kier molecular flexibility index (Phi) is 2.04. The van der Waals surface area contributed by atoms with Crippen LogP contribution < -0.4 is 11.1 Å². The Morgan fingerprint density at radius 1 is 1.43 bits per heavy atom. The molecule has 0 radical (unpaired) electrons. The third-order valence-corrected chi connectivity index (χ3v) is 2.92. The molecule has 1 aliphatic heterocycles. The van der Waals surface area contributed by atoms with Crippen molar-refractivity contribution in [3.05, 3.63) is 35.9 Å². The van der Waals surface area contributed by atoms with Crippen LogP contribution in [-0.4, -0.2) is 11.9 Å². The first-order valence-electron chi connectivity index (χ1n) is 4.75. The van der Waals surface area contributed by atoms with E-state index in [2.05, 4.69) is 5.32 Å². The van der Waals surface area contributed by atoms with Crippen LogP contribution in [0.4, 0.5) is 0 Å². The average Bonchev–Trinajstić information content (AvgIpc) is 2.43. The Balaban J connectivity index is 2.38. The summed E-state index contributed by atoms with van der Waals surface area (Å²) in [5.41, 5.74) is 6.62. The molecule has 0 aromatic heterocycles. The molecule has 1 aromatic carbocycles. The maximum Gasteiger partial charge on any atom is 0.222 e. The summed E-state index contributed by atoms with van der Waals surface area (Å²) >= 11 is 0. The zero-order valence-electron chi connectivity index (χ0n) is 8.16. The fourth-order valence-corrected chi connectivity index (χ4v) is 1.91. The van der Waals surface area contributed by atoms with Gasteiger partial charge in [-0.2, -0.15) is 0 Å². The molecule has 1 aliphatic rings. The third kappa shape index (κ3) is 1.30. The largest absolute Gasteiger partial charge is 0.345 e. The zero-order chi connectivity index (χ0) is 10.2. The third-order valence-electron chi connectivity index (χ3n) is 2.92. The van der Waals surface area contributed by atoms with Gasteiger partial charge in [0, 0.05) is 12.5 Å². The molecule has 0 bridgehead atoms. The second-order valence-corrected chi connectivity index (χ2v) is 3.93. The molecule has 1 amide bonds. The molecule has 3 N–H and O–H groups in total. The zero-order valence-corrected chi connectivity index (χ0v) is 8.16. The molecular formula is C11H14N2O. The van der Waals surface area contributed by atoms with Gasteiger partial charge in [-0.3, -0.25) is 4.79 Å². The lowest BCUT2D eigenvalue weighted by Gasteiger charge is -2.29. The Bertz CT molecular complexity index is 350. The number of hydrogen-bond donors (Lipinski definition) is 2. The molecule has 0 saturated carbocycles. The van der Waals surface area contributed by atoms with E-state index in [1.807, 2.05) is 37.3 Å². The van der Waals surface area contributed by atoms with Gasteiger partial charge in [-0.1, -0.05) is 30.3 Å². The first-order valence-corrected chi connectivity index (χ1v) is 4.75. The van der Waals surface area contributed by atoms with Crippen LogP contribution >= 0.6 is 0 Å². The van der Waals surface area contributed by atoms with Crippen LogP contribution in [0.15, 0.2) is 30.3 Å². The molecule has 74 valence electrons. The molecule has 14 heavy (non-hydrogen) atoms. The van der Waals surface area contributed by atoms with Crippen LogP contribution in [0.2, 0.25) is 0 Å². The van der Waals surface area contributed by atoms with Crippen molar-refractivity contribution in [3.63, 3.8) is 0 Å². The van der Waals surface area contributed by atoms with Gasteiger partial charge in [0.15, 0.2) is 0 Å². The fourth-order valence-electron chi connectivity index (χ4n) is 1.91. The SMILES string of the molecule is C[C@]1(c2ccccc2)NC(=O)C[C@@H]1N. The van der Waals surface area contributed by atoms with Crippen molar-refractivity contribution in [2.24, 2.45) is 5.73 Å². The number of nitrogens with one attached hydrogen (secondary N) is 1. The highest BCUT2D eigenvalue weighted by Gasteiger charge is 2.41. The van der Waals surface area contributed by atoms with E-state index in [9.17, 15) is 4.79 Å². The minimum Gasteiger partial charge on any atom is -0.345 e. The highest BCUT2D eigenvalue weighted by molar-refractivity contribution is 5.81. The topological polar surface area (TPSA) is 55.1 Å². The molecule has 1 saturated heterocycles. The van der Waals surface area contributed by atoms with Crippen LogP contribution in [0.5, 0.6) is 0 Å². The lowest BCUT2D eigenvalue weighted by Crippen LogP contribution is -2.46. The second-order valence-electron chi connectivity index (χ2n) is 3.93. The van der Waals surface area contributed by atoms with Crippen LogP contribution in [0.1, 0.15) is 18.9 Å². The summed E-state index contributed by atoms with van der Waals surface area (Å²) in [4.78, 5) is 11.3. The average molecular weight is 190 g/mol. The summed E-state index contributed by atoms with van der Waals surface area (Å²) in [5.74, 6) is 0.0313. The highest BCUT2D eigenvalue weighted by Crippen LogP contribution is 2.29. The monoisotopic (exact) mass is 190 g/mol. The minimum absolute atomic E-state index is 0.0313. The molecule has 3 nitrogen and oxygen atoms in total. The predicted octanol–water partition coefficient (Wildman–Crippen LogP) is 0.749. The van der Waals surface area contributed by atoms with Gasteiger partial charge in [0.05, 0.1) is 5.54 Å². The van der Waals surface area contributed by atoms with Gasteiger partial charge in [-0.15, -0.1) is 0 Å². The van der Waals surface area contributed by atoms with Crippen molar-refractivity contribution in [1.82, 2.24) is 5.32 Å². The number of hydrogen-bond acceptors (Lipinski definition) is 2. The number of carbonyl (C=O) groups excluding carboxylic acids is 1. The molecular weight excluding hydrogens is 176 g/mol. The van der Waals surface area contributed by atoms with E-state index in [0.29, 0.717) is 6.42 Å². The van der Waals surface area contributed by atoms with Crippen LogP contribution in [0.3, 0.4) is 0 Å². The van der Waals surface area contributed by atoms with Gasteiger partial charge in [0.2, 0.25) is 5.91 Å².